The fraction of sp³-hybridized carbons (Fsp3) is 0.286. The summed E-state index contributed by atoms with van der Waals surface area (Å²) in [4.78, 5) is 47.0. The average molecular weight is 319 g/mol. The van der Waals surface area contributed by atoms with Gasteiger partial charge in [-0.1, -0.05) is 12.1 Å². The zero-order valence-electron chi connectivity index (χ0n) is 12.3. The fourth-order valence-electron chi connectivity index (χ4n) is 2.02. The average Bonchev–Trinajstić information content (AvgIpc) is 2.51. The van der Waals surface area contributed by atoms with E-state index in [4.69, 9.17) is 0 Å². The third kappa shape index (κ3) is 3.96. The molecule has 0 saturated heterocycles. The van der Waals surface area contributed by atoms with Gasteiger partial charge in [-0.3, -0.25) is 14.5 Å². The van der Waals surface area contributed by atoms with Crippen molar-refractivity contribution in [1.29, 1.82) is 0 Å². The Labute approximate surface area is 131 Å². The van der Waals surface area contributed by atoms with Gasteiger partial charge in [0.2, 0.25) is 11.8 Å². The molecule has 1 aliphatic heterocycles. The first-order chi connectivity index (χ1) is 10.9. The molecule has 9 nitrogen and oxygen atoms in total. The predicted molar refractivity (Wildman–Crippen MR) is 78.4 cm³/mol. The van der Waals surface area contributed by atoms with Crippen LogP contribution in [0.2, 0.25) is 0 Å². The van der Waals surface area contributed by atoms with Crippen LogP contribution >= 0.6 is 0 Å². The first-order valence-corrected chi connectivity index (χ1v) is 6.83. The van der Waals surface area contributed by atoms with Crippen molar-refractivity contribution in [2.75, 3.05) is 23.3 Å². The maximum atomic E-state index is 12.2. The number of carboxylic acid groups (broad SMARTS) is 1. The number of nitrogens with zero attached hydrogens (tertiary/aromatic N) is 1. The molecule has 0 bridgehead atoms. The number of aliphatic carboxylic acids is 1. The van der Waals surface area contributed by atoms with E-state index < -0.39 is 30.5 Å². The molecule has 1 atom stereocenters. The van der Waals surface area contributed by atoms with Crippen LogP contribution in [0.25, 0.3) is 0 Å². The number of rotatable bonds is 4. The summed E-state index contributed by atoms with van der Waals surface area (Å²) in [5.74, 6) is -2.45. The maximum absolute atomic E-state index is 12.2. The standard InChI is InChI=1S/C14H16N4O5/c1-8(13(21)22)16-11(19)6-15-14(23)18-7-12(20)17-9-4-2-3-5-10(9)18/h2-5,8H,6-7H2,1H3,(H,15,23)(H,16,19)(H,17,20)(H,21,22)/p-1/t8-/m0/s1. The number of urea groups is 1. The Hall–Kier alpha value is -3.10. The zero-order chi connectivity index (χ0) is 17.0. The van der Waals surface area contributed by atoms with E-state index in [-0.39, 0.29) is 12.5 Å². The molecular formula is C14H15N4O5-. The second-order valence-electron chi connectivity index (χ2n) is 4.92. The molecule has 0 aliphatic carbocycles. The Bertz CT molecular complexity index is 660. The first-order valence-electron chi connectivity index (χ1n) is 6.83. The van der Waals surface area contributed by atoms with Crippen LogP contribution in [0.4, 0.5) is 16.2 Å². The molecule has 9 heteroatoms. The third-order valence-corrected chi connectivity index (χ3v) is 3.15. The second-order valence-corrected chi connectivity index (χ2v) is 4.92. The Morgan fingerprint density at radius 1 is 1.35 bits per heavy atom. The minimum Gasteiger partial charge on any atom is -0.548 e. The van der Waals surface area contributed by atoms with Crippen LogP contribution < -0.4 is 26.0 Å². The Morgan fingerprint density at radius 2 is 2.04 bits per heavy atom. The molecule has 2 rings (SSSR count). The summed E-state index contributed by atoms with van der Waals surface area (Å²) in [7, 11) is 0. The summed E-state index contributed by atoms with van der Waals surface area (Å²) < 4.78 is 0. The largest absolute Gasteiger partial charge is 0.548 e. The SMILES string of the molecule is C[C@H](NC(=O)CNC(=O)N1CC(=O)Nc2ccccc21)C(=O)[O-]. The molecule has 0 unspecified atom stereocenters. The Kier molecular flexibility index (Phi) is 4.79. The normalized spacial score (nSPS) is 14.3. The number of benzene rings is 1. The second kappa shape index (κ2) is 6.77. The van der Waals surface area contributed by atoms with Crippen LogP contribution in [-0.4, -0.2) is 42.9 Å². The number of nitrogens with one attached hydrogen (secondary N) is 3. The third-order valence-electron chi connectivity index (χ3n) is 3.15. The van der Waals surface area contributed by atoms with Crippen molar-refractivity contribution < 1.29 is 24.3 Å². The van der Waals surface area contributed by atoms with Crippen molar-refractivity contribution in [2.24, 2.45) is 0 Å². The summed E-state index contributed by atoms with van der Waals surface area (Å²) in [6.45, 7) is 0.650. The number of hydrogen-bond acceptors (Lipinski definition) is 5. The lowest BCUT2D eigenvalue weighted by atomic mass is 10.2. The van der Waals surface area contributed by atoms with Crippen LogP contribution in [0.3, 0.4) is 0 Å². The quantitative estimate of drug-likeness (QED) is 0.616. The van der Waals surface area contributed by atoms with Crippen LogP contribution in [0, 0.1) is 0 Å². The topological polar surface area (TPSA) is 131 Å². The number of carboxylic acids is 1. The van der Waals surface area contributed by atoms with Gasteiger partial charge in [0.05, 0.1) is 29.9 Å². The van der Waals surface area contributed by atoms with E-state index in [0.29, 0.717) is 11.4 Å². The molecular weight excluding hydrogens is 304 g/mol. The predicted octanol–water partition coefficient (Wildman–Crippen LogP) is -1.59. The van der Waals surface area contributed by atoms with Crippen molar-refractivity contribution in [3.63, 3.8) is 0 Å². The number of amides is 4. The minimum atomic E-state index is -1.42. The summed E-state index contributed by atoms with van der Waals surface area (Å²) in [5, 5.41) is 17.7. The van der Waals surface area contributed by atoms with E-state index in [9.17, 15) is 24.3 Å². The monoisotopic (exact) mass is 319 g/mol. The number of fused-ring (bicyclic) bond motifs is 1. The van der Waals surface area contributed by atoms with Crippen molar-refractivity contribution >= 4 is 35.2 Å². The molecule has 3 N–H and O–H groups in total. The van der Waals surface area contributed by atoms with Crippen LogP contribution in [-0.2, 0) is 14.4 Å². The molecule has 1 heterocycles. The van der Waals surface area contributed by atoms with Gasteiger partial charge < -0.3 is 25.9 Å². The van der Waals surface area contributed by atoms with Gasteiger partial charge in [0.1, 0.15) is 6.54 Å². The van der Waals surface area contributed by atoms with Crippen molar-refractivity contribution in [1.82, 2.24) is 10.6 Å². The van der Waals surface area contributed by atoms with Gasteiger partial charge >= 0.3 is 6.03 Å². The van der Waals surface area contributed by atoms with Gasteiger partial charge in [0, 0.05) is 0 Å². The van der Waals surface area contributed by atoms with Crippen molar-refractivity contribution in [3.8, 4) is 0 Å². The highest BCUT2D eigenvalue weighted by molar-refractivity contribution is 6.09. The first kappa shape index (κ1) is 16.3. The maximum Gasteiger partial charge on any atom is 0.322 e. The summed E-state index contributed by atoms with van der Waals surface area (Å²) in [6, 6.07) is 4.94. The lowest BCUT2D eigenvalue weighted by Gasteiger charge is -2.29. The smallest absolute Gasteiger partial charge is 0.322 e. The number of carbonyl (C=O) groups is 4. The van der Waals surface area contributed by atoms with Gasteiger partial charge in [-0.05, 0) is 19.1 Å². The Morgan fingerprint density at radius 3 is 2.74 bits per heavy atom. The van der Waals surface area contributed by atoms with Crippen LogP contribution in [0.15, 0.2) is 24.3 Å². The molecule has 0 spiro atoms. The molecule has 1 aliphatic rings. The minimum absolute atomic E-state index is 0.181. The van der Waals surface area contributed by atoms with E-state index in [2.05, 4.69) is 16.0 Å². The van der Waals surface area contributed by atoms with E-state index in [0.717, 1.165) is 0 Å². The highest BCUT2D eigenvalue weighted by atomic mass is 16.4. The molecule has 0 aromatic heterocycles. The Balaban J connectivity index is 1.97. The van der Waals surface area contributed by atoms with Gasteiger partial charge in [0.15, 0.2) is 0 Å². The van der Waals surface area contributed by atoms with E-state index >= 15 is 0 Å². The molecule has 1 aromatic rings. The van der Waals surface area contributed by atoms with Gasteiger partial charge in [-0.15, -0.1) is 0 Å². The van der Waals surface area contributed by atoms with Crippen molar-refractivity contribution in [3.05, 3.63) is 24.3 Å². The van der Waals surface area contributed by atoms with Crippen LogP contribution in [0.1, 0.15) is 6.92 Å². The summed E-state index contributed by atoms with van der Waals surface area (Å²) >= 11 is 0. The zero-order valence-corrected chi connectivity index (χ0v) is 12.3. The molecule has 4 amide bonds. The van der Waals surface area contributed by atoms with Crippen molar-refractivity contribution in [2.45, 2.75) is 13.0 Å². The lowest BCUT2D eigenvalue weighted by molar-refractivity contribution is -0.307. The molecule has 122 valence electrons. The summed E-state index contributed by atoms with van der Waals surface area (Å²) in [5.41, 5.74) is 1.00. The van der Waals surface area contributed by atoms with Gasteiger partial charge in [-0.2, -0.15) is 0 Å². The van der Waals surface area contributed by atoms with E-state index in [1.807, 2.05) is 0 Å². The fourth-order valence-corrected chi connectivity index (χ4v) is 2.02. The molecule has 1 aromatic carbocycles. The van der Waals surface area contributed by atoms with Gasteiger partial charge in [0.25, 0.3) is 0 Å². The highest BCUT2D eigenvalue weighted by Gasteiger charge is 2.26. The van der Waals surface area contributed by atoms with E-state index in [1.165, 1.54) is 11.8 Å². The van der Waals surface area contributed by atoms with Crippen LogP contribution in [0.5, 0.6) is 0 Å². The molecule has 0 radical (unpaired) electrons. The number of para-hydroxylation sites is 2. The summed E-state index contributed by atoms with van der Waals surface area (Å²) in [6.07, 6.45) is 0. The number of carbonyl (C=O) groups excluding carboxylic acids is 4. The molecule has 0 fully saturated rings. The number of anilines is 2. The number of hydrogen-bond donors (Lipinski definition) is 3. The highest BCUT2D eigenvalue weighted by Crippen LogP contribution is 2.28. The molecule has 0 saturated carbocycles. The molecule has 23 heavy (non-hydrogen) atoms. The lowest BCUT2D eigenvalue weighted by Crippen LogP contribution is -2.52. The van der Waals surface area contributed by atoms with E-state index in [1.54, 1.807) is 24.3 Å². The van der Waals surface area contributed by atoms with Gasteiger partial charge in [-0.25, -0.2) is 4.79 Å².